The Hall–Kier alpha value is -0.610. The lowest BCUT2D eigenvalue weighted by Crippen LogP contribution is -3.12. The summed E-state index contributed by atoms with van der Waals surface area (Å²) >= 11 is 0. The van der Waals surface area contributed by atoms with Gasteiger partial charge in [-0.15, -0.1) is 0 Å². The lowest BCUT2D eigenvalue weighted by atomic mass is 10.2. The van der Waals surface area contributed by atoms with Crippen molar-refractivity contribution in [1.82, 2.24) is 0 Å². The Morgan fingerprint density at radius 2 is 2.36 bits per heavy atom. The highest BCUT2D eigenvalue weighted by atomic mass is 16.5. The number of aliphatic hydroxyl groups is 1. The molecule has 2 N–H and O–H groups in total. The molecule has 0 spiro atoms. The Bertz CT molecular complexity index is 160. The predicted octanol–water partition coefficient (Wildman–Crippen LogP) is -2.19. The van der Waals surface area contributed by atoms with E-state index in [1.54, 1.807) is 0 Å². The number of likely N-dealkylation sites (N-methyl/N-ethyl adjacent to an activating group) is 1. The maximum atomic E-state index is 11.0. The predicted molar refractivity (Wildman–Crippen MR) is 38.2 cm³/mol. The fourth-order valence-electron chi connectivity index (χ4n) is 1.51. The second-order valence-electron chi connectivity index (χ2n) is 3.02. The number of hydrogen-bond donors (Lipinski definition) is 2. The number of esters is 1. The fraction of sp³-hybridized carbons (Fsp3) is 0.857. The van der Waals surface area contributed by atoms with Crippen LogP contribution in [0.4, 0.5) is 0 Å². The van der Waals surface area contributed by atoms with Gasteiger partial charge in [0.1, 0.15) is 12.6 Å². The van der Waals surface area contributed by atoms with Crippen molar-refractivity contribution in [3.8, 4) is 0 Å². The average Bonchev–Trinajstić information content (AvgIpc) is 2.28. The number of ether oxygens (including phenoxy) is 1. The van der Waals surface area contributed by atoms with Crippen molar-refractivity contribution in [2.45, 2.75) is 18.6 Å². The number of hydrogen-bond acceptors (Lipinski definition) is 3. The smallest absolute Gasteiger partial charge is 0.364 e. The van der Waals surface area contributed by atoms with E-state index in [2.05, 4.69) is 4.74 Å². The minimum atomic E-state index is -0.348. The van der Waals surface area contributed by atoms with Gasteiger partial charge in [0.15, 0.2) is 6.04 Å². The molecule has 0 aromatic rings. The molecule has 0 radical (unpaired) electrons. The lowest BCUT2D eigenvalue weighted by Gasteiger charge is -2.12. The first-order valence-corrected chi connectivity index (χ1v) is 3.73. The number of likely N-dealkylation sites (tertiary alicyclic amines) is 1. The number of quaternary nitrogens is 1. The molecule has 0 aliphatic carbocycles. The molecule has 64 valence electrons. The number of carbonyl (C=O) groups is 1. The molecule has 11 heavy (non-hydrogen) atoms. The minimum Gasteiger partial charge on any atom is -0.465 e. The average molecular weight is 160 g/mol. The second kappa shape index (κ2) is 3.19. The van der Waals surface area contributed by atoms with Crippen LogP contribution in [0.15, 0.2) is 0 Å². The molecule has 0 amide bonds. The molecule has 4 heteroatoms. The molecule has 1 unspecified atom stereocenters. The summed E-state index contributed by atoms with van der Waals surface area (Å²) < 4.78 is 4.58. The fourth-order valence-corrected chi connectivity index (χ4v) is 1.51. The van der Waals surface area contributed by atoms with Gasteiger partial charge in [0.2, 0.25) is 0 Å². The van der Waals surface area contributed by atoms with Gasteiger partial charge in [-0.1, -0.05) is 0 Å². The van der Waals surface area contributed by atoms with Gasteiger partial charge in [-0.05, 0) is 0 Å². The molecule has 0 saturated carbocycles. The normalized spacial score (nSPS) is 37.2. The van der Waals surface area contributed by atoms with Gasteiger partial charge in [0, 0.05) is 6.42 Å². The van der Waals surface area contributed by atoms with Crippen molar-refractivity contribution in [2.24, 2.45) is 0 Å². The molecule has 1 heterocycles. The van der Waals surface area contributed by atoms with Gasteiger partial charge in [-0.2, -0.15) is 0 Å². The molecule has 4 nitrogen and oxygen atoms in total. The molecule has 1 aliphatic rings. The van der Waals surface area contributed by atoms with Crippen LogP contribution < -0.4 is 4.90 Å². The summed E-state index contributed by atoms with van der Waals surface area (Å²) in [6.07, 6.45) is 0.178. The molecule has 1 aliphatic heterocycles. The highest BCUT2D eigenvalue weighted by molar-refractivity contribution is 5.74. The molecule has 3 atom stereocenters. The topological polar surface area (TPSA) is 51.0 Å². The third kappa shape index (κ3) is 1.70. The van der Waals surface area contributed by atoms with E-state index in [1.807, 2.05) is 7.05 Å². The van der Waals surface area contributed by atoms with Crippen LogP contribution in [0.5, 0.6) is 0 Å². The minimum absolute atomic E-state index is 0.171. The highest BCUT2D eigenvalue weighted by Crippen LogP contribution is 2.01. The zero-order valence-corrected chi connectivity index (χ0v) is 6.83. The molecule has 1 saturated heterocycles. The van der Waals surface area contributed by atoms with E-state index >= 15 is 0 Å². The molecule has 1 rings (SSSR count). The maximum Gasteiger partial charge on any atom is 0.364 e. The number of carbonyl (C=O) groups excluding carboxylic acids is 1. The van der Waals surface area contributed by atoms with E-state index < -0.39 is 0 Å². The first-order valence-electron chi connectivity index (χ1n) is 3.73. The van der Waals surface area contributed by atoms with Gasteiger partial charge in [0.05, 0.1) is 14.2 Å². The standard InChI is InChI=1S/C7H13NO3/c1-8-4-5(9)3-6(8)7(10)11-2/h5-6,9H,3-4H2,1-2H3/p+1/t5-,6+/m0/s1. The lowest BCUT2D eigenvalue weighted by molar-refractivity contribution is -0.884. The van der Waals surface area contributed by atoms with Gasteiger partial charge in [-0.25, -0.2) is 4.79 Å². The summed E-state index contributed by atoms with van der Waals surface area (Å²) in [6.45, 7) is 0.639. The molecule has 0 aromatic heterocycles. The van der Waals surface area contributed by atoms with Crippen molar-refractivity contribution in [3.05, 3.63) is 0 Å². The summed E-state index contributed by atoms with van der Waals surface area (Å²) in [5.41, 5.74) is 0. The second-order valence-corrected chi connectivity index (χ2v) is 3.02. The van der Waals surface area contributed by atoms with Crippen molar-refractivity contribution in [1.29, 1.82) is 0 Å². The monoisotopic (exact) mass is 160 g/mol. The summed E-state index contributed by atoms with van der Waals surface area (Å²) in [5.74, 6) is -0.223. The van der Waals surface area contributed by atoms with Crippen LogP contribution >= 0.6 is 0 Å². The first kappa shape index (κ1) is 8.49. The molecular formula is C7H14NO3+. The number of nitrogens with one attached hydrogen (secondary N) is 1. The van der Waals surface area contributed by atoms with Crippen LogP contribution in [0, 0.1) is 0 Å². The Morgan fingerprint density at radius 3 is 2.73 bits per heavy atom. The Kier molecular flexibility index (Phi) is 2.46. The number of methoxy groups -OCH3 is 1. The molecule has 0 bridgehead atoms. The van der Waals surface area contributed by atoms with Crippen molar-refractivity contribution in [2.75, 3.05) is 20.7 Å². The van der Waals surface area contributed by atoms with E-state index in [4.69, 9.17) is 0 Å². The van der Waals surface area contributed by atoms with Crippen LogP contribution in [0.25, 0.3) is 0 Å². The summed E-state index contributed by atoms with van der Waals surface area (Å²) in [4.78, 5) is 12.0. The Labute approximate surface area is 65.8 Å². The van der Waals surface area contributed by atoms with Crippen LogP contribution in [-0.2, 0) is 9.53 Å². The molecule has 0 aromatic carbocycles. The van der Waals surface area contributed by atoms with E-state index in [0.717, 1.165) is 4.90 Å². The van der Waals surface area contributed by atoms with E-state index in [-0.39, 0.29) is 18.1 Å². The highest BCUT2D eigenvalue weighted by Gasteiger charge is 2.38. The summed E-state index contributed by atoms with van der Waals surface area (Å²) in [7, 11) is 3.26. The number of rotatable bonds is 1. The quantitative estimate of drug-likeness (QED) is 0.428. The zero-order valence-electron chi connectivity index (χ0n) is 6.83. The van der Waals surface area contributed by atoms with Crippen LogP contribution in [0.2, 0.25) is 0 Å². The van der Waals surface area contributed by atoms with Gasteiger partial charge >= 0.3 is 5.97 Å². The van der Waals surface area contributed by atoms with Crippen LogP contribution in [0.1, 0.15) is 6.42 Å². The third-order valence-corrected chi connectivity index (χ3v) is 2.15. The third-order valence-electron chi connectivity index (χ3n) is 2.15. The molecule has 1 fully saturated rings. The van der Waals surface area contributed by atoms with Crippen molar-refractivity contribution in [3.63, 3.8) is 0 Å². The largest absolute Gasteiger partial charge is 0.465 e. The first-order chi connectivity index (χ1) is 5.15. The number of aliphatic hydroxyl groups excluding tert-OH is 1. The van der Waals surface area contributed by atoms with Crippen molar-refractivity contribution >= 4 is 5.97 Å². The van der Waals surface area contributed by atoms with E-state index in [9.17, 15) is 9.90 Å². The SMILES string of the molecule is COC(=O)[C@H]1C[C@H](O)C[NH+]1C. The van der Waals surface area contributed by atoms with Crippen molar-refractivity contribution < 1.29 is 19.5 Å². The Balaban J connectivity index is 2.52. The summed E-state index contributed by atoms with van der Waals surface area (Å²) in [6, 6.07) is -0.171. The van der Waals surface area contributed by atoms with Gasteiger partial charge in [0.25, 0.3) is 0 Å². The molecular weight excluding hydrogens is 146 g/mol. The van der Waals surface area contributed by atoms with Crippen LogP contribution in [-0.4, -0.2) is 43.9 Å². The van der Waals surface area contributed by atoms with Crippen LogP contribution in [0.3, 0.4) is 0 Å². The van der Waals surface area contributed by atoms with E-state index in [1.165, 1.54) is 7.11 Å². The van der Waals surface area contributed by atoms with Gasteiger partial charge < -0.3 is 14.7 Å². The summed E-state index contributed by atoms with van der Waals surface area (Å²) in [5, 5.41) is 9.19. The van der Waals surface area contributed by atoms with Gasteiger partial charge in [-0.3, -0.25) is 0 Å². The Morgan fingerprint density at radius 1 is 1.73 bits per heavy atom. The maximum absolute atomic E-state index is 11.0. The zero-order chi connectivity index (χ0) is 8.43. The van der Waals surface area contributed by atoms with E-state index in [0.29, 0.717) is 13.0 Å².